The predicted octanol–water partition coefficient (Wildman–Crippen LogP) is 5.34. The van der Waals surface area contributed by atoms with E-state index in [1.54, 1.807) is 38.1 Å². The Labute approximate surface area is 181 Å². The SMILES string of the molecule is Cc1ccc([N+](=O)[O-])cc1NC(=O)C(C)Sc1ccc(NC(=O)c2cccs2)cc1. The maximum Gasteiger partial charge on any atom is 0.271 e. The van der Waals surface area contributed by atoms with E-state index in [0.717, 1.165) is 10.5 Å². The molecule has 0 aliphatic heterocycles. The Morgan fingerprint density at radius 2 is 1.83 bits per heavy atom. The molecule has 1 aromatic heterocycles. The van der Waals surface area contributed by atoms with Crippen molar-refractivity contribution in [1.29, 1.82) is 0 Å². The van der Waals surface area contributed by atoms with E-state index in [1.165, 1.54) is 35.2 Å². The number of carbonyl (C=O) groups excluding carboxylic acids is 2. The number of nitro benzene ring substituents is 1. The number of thiophene rings is 1. The fraction of sp³-hybridized carbons (Fsp3) is 0.143. The van der Waals surface area contributed by atoms with Gasteiger partial charge in [0.1, 0.15) is 0 Å². The summed E-state index contributed by atoms with van der Waals surface area (Å²) in [6, 6.07) is 15.2. The lowest BCUT2D eigenvalue weighted by Gasteiger charge is -2.14. The number of nitrogens with zero attached hydrogens (tertiary/aromatic N) is 1. The molecular weight excluding hydrogens is 422 g/mol. The molecule has 2 amide bonds. The van der Waals surface area contributed by atoms with E-state index < -0.39 is 10.2 Å². The molecule has 1 unspecified atom stereocenters. The smallest absolute Gasteiger partial charge is 0.271 e. The first-order valence-corrected chi connectivity index (χ1v) is 10.8. The van der Waals surface area contributed by atoms with Crippen LogP contribution in [0.3, 0.4) is 0 Å². The Hall–Kier alpha value is -3.17. The van der Waals surface area contributed by atoms with Crippen molar-refractivity contribution < 1.29 is 14.5 Å². The van der Waals surface area contributed by atoms with Crippen LogP contribution in [0.5, 0.6) is 0 Å². The van der Waals surface area contributed by atoms with E-state index >= 15 is 0 Å². The molecule has 0 bridgehead atoms. The van der Waals surface area contributed by atoms with Gasteiger partial charge in [0.05, 0.1) is 20.7 Å². The minimum absolute atomic E-state index is 0.0728. The maximum atomic E-state index is 12.5. The Kier molecular flexibility index (Phi) is 6.86. The fourth-order valence-electron chi connectivity index (χ4n) is 2.57. The predicted molar refractivity (Wildman–Crippen MR) is 120 cm³/mol. The second-order valence-electron chi connectivity index (χ2n) is 6.46. The minimum atomic E-state index is -0.494. The number of hydrogen-bond donors (Lipinski definition) is 2. The minimum Gasteiger partial charge on any atom is -0.325 e. The molecule has 0 radical (unpaired) electrons. The second kappa shape index (κ2) is 9.55. The number of hydrogen-bond acceptors (Lipinski definition) is 6. The zero-order valence-corrected chi connectivity index (χ0v) is 17.9. The Bertz CT molecular complexity index is 1070. The molecular formula is C21H19N3O4S2. The van der Waals surface area contributed by atoms with Gasteiger partial charge >= 0.3 is 0 Å². The Morgan fingerprint density at radius 3 is 2.47 bits per heavy atom. The topological polar surface area (TPSA) is 101 Å². The van der Waals surface area contributed by atoms with Crippen molar-refractivity contribution in [2.45, 2.75) is 24.0 Å². The van der Waals surface area contributed by atoms with E-state index in [-0.39, 0.29) is 17.5 Å². The highest BCUT2D eigenvalue weighted by Gasteiger charge is 2.17. The number of thioether (sulfide) groups is 1. The van der Waals surface area contributed by atoms with Crippen LogP contribution in [0.25, 0.3) is 0 Å². The maximum absolute atomic E-state index is 12.5. The highest BCUT2D eigenvalue weighted by molar-refractivity contribution is 8.00. The van der Waals surface area contributed by atoms with Gasteiger partial charge in [0.25, 0.3) is 11.6 Å². The van der Waals surface area contributed by atoms with Crippen molar-refractivity contribution in [1.82, 2.24) is 0 Å². The van der Waals surface area contributed by atoms with Crippen molar-refractivity contribution >= 4 is 52.0 Å². The Morgan fingerprint density at radius 1 is 1.10 bits per heavy atom. The summed E-state index contributed by atoms with van der Waals surface area (Å²) in [5.74, 6) is -0.413. The zero-order chi connectivity index (χ0) is 21.7. The third-order valence-electron chi connectivity index (χ3n) is 4.23. The van der Waals surface area contributed by atoms with Gasteiger partial charge in [-0.05, 0) is 55.1 Å². The molecule has 154 valence electrons. The average Bonchev–Trinajstić information content (AvgIpc) is 3.26. The number of non-ortho nitro benzene ring substituents is 1. The monoisotopic (exact) mass is 441 g/mol. The standard InChI is InChI=1S/C21H19N3O4S2/c1-13-5-8-16(24(27)28)12-18(13)23-20(25)14(2)30-17-9-6-15(7-10-17)22-21(26)19-4-3-11-29-19/h3-12,14H,1-2H3,(H,22,26)(H,23,25). The number of nitrogens with one attached hydrogen (secondary N) is 2. The molecule has 2 N–H and O–H groups in total. The van der Waals surface area contributed by atoms with Crippen molar-refractivity contribution in [2.75, 3.05) is 10.6 Å². The summed E-state index contributed by atoms with van der Waals surface area (Å²) < 4.78 is 0. The molecule has 0 aliphatic rings. The number of nitro groups is 1. The summed E-state index contributed by atoms with van der Waals surface area (Å²) in [5.41, 5.74) is 1.77. The summed E-state index contributed by atoms with van der Waals surface area (Å²) in [6.45, 7) is 3.54. The summed E-state index contributed by atoms with van der Waals surface area (Å²) in [7, 11) is 0. The molecule has 30 heavy (non-hydrogen) atoms. The quantitative estimate of drug-likeness (QED) is 0.293. The molecule has 9 heteroatoms. The van der Waals surface area contributed by atoms with Gasteiger partial charge in [-0.15, -0.1) is 23.1 Å². The van der Waals surface area contributed by atoms with Crippen molar-refractivity contribution in [2.24, 2.45) is 0 Å². The van der Waals surface area contributed by atoms with Crippen LogP contribution in [0, 0.1) is 17.0 Å². The number of benzene rings is 2. The summed E-state index contributed by atoms with van der Waals surface area (Å²) >= 11 is 2.73. The molecule has 0 aliphatic carbocycles. The van der Waals surface area contributed by atoms with E-state index in [4.69, 9.17) is 0 Å². The molecule has 7 nitrogen and oxygen atoms in total. The van der Waals surface area contributed by atoms with Crippen molar-refractivity contribution in [3.05, 3.63) is 80.5 Å². The first-order chi connectivity index (χ1) is 14.3. The molecule has 1 heterocycles. The first kappa shape index (κ1) is 21.5. The Balaban J connectivity index is 1.59. The van der Waals surface area contributed by atoms with E-state index in [0.29, 0.717) is 16.3 Å². The van der Waals surface area contributed by atoms with Crippen LogP contribution in [0.1, 0.15) is 22.2 Å². The van der Waals surface area contributed by atoms with Gasteiger partial charge in [-0.3, -0.25) is 19.7 Å². The lowest BCUT2D eigenvalue weighted by Crippen LogP contribution is -2.22. The van der Waals surface area contributed by atoms with Crippen LogP contribution in [0.15, 0.2) is 64.9 Å². The molecule has 1 atom stereocenters. The van der Waals surface area contributed by atoms with Crippen LogP contribution < -0.4 is 10.6 Å². The van der Waals surface area contributed by atoms with Gasteiger partial charge in [0, 0.05) is 22.7 Å². The summed E-state index contributed by atoms with van der Waals surface area (Å²) in [6.07, 6.45) is 0. The summed E-state index contributed by atoms with van der Waals surface area (Å²) in [4.78, 5) is 36.6. The van der Waals surface area contributed by atoms with Crippen LogP contribution in [-0.2, 0) is 4.79 Å². The van der Waals surface area contributed by atoms with Crippen LogP contribution in [-0.4, -0.2) is 22.0 Å². The van der Waals surface area contributed by atoms with Crippen molar-refractivity contribution in [3.63, 3.8) is 0 Å². The van der Waals surface area contributed by atoms with Gasteiger partial charge in [-0.1, -0.05) is 12.1 Å². The van der Waals surface area contributed by atoms with Gasteiger partial charge in [-0.25, -0.2) is 0 Å². The molecule has 2 aromatic carbocycles. The van der Waals surface area contributed by atoms with E-state index in [2.05, 4.69) is 10.6 Å². The largest absolute Gasteiger partial charge is 0.325 e. The number of carbonyl (C=O) groups is 2. The van der Waals surface area contributed by atoms with E-state index in [9.17, 15) is 19.7 Å². The summed E-state index contributed by atoms with van der Waals surface area (Å²) in [5, 5.41) is 18.0. The lowest BCUT2D eigenvalue weighted by atomic mass is 10.2. The van der Waals surface area contributed by atoms with Gasteiger partial charge in [0.15, 0.2) is 0 Å². The zero-order valence-electron chi connectivity index (χ0n) is 16.2. The third-order valence-corrected chi connectivity index (χ3v) is 6.21. The third kappa shape index (κ3) is 5.46. The van der Waals surface area contributed by atoms with E-state index in [1.807, 2.05) is 23.6 Å². The normalized spacial score (nSPS) is 11.5. The van der Waals surface area contributed by atoms with Crippen LogP contribution in [0.4, 0.5) is 17.1 Å². The number of anilines is 2. The molecule has 0 saturated heterocycles. The van der Waals surface area contributed by atoms with Crippen LogP contribution in [0.2, 0.25) is 0 Å². The van der Waals surface area contributed by atoms with Gasteiger partial charge < -0.3 is 10.6 Å². The molecule has 3 aromatic rings. The number of aryl methyl sites for hydroxylation is 1. The molecule has 0 fully saturated rings. The second-order valence-corrected chi connectivity index (χ2v) is 8.82. The molecule has 0 spiro atoms. The average molecular weight is 442 g/mol. The molecule has 3 rings (SSSR count). The number of rotatable bonds is 7. The lowest BCUT2D eigenvalue weighted by molar-refractivity contribution is -0.384. The highest BCUT2D eigenvalue weighted by atomic mass is 32.2. The van der Waals surface area contributed by atoms with Crippen LogP contribution >= 0.6 is 23.1 Å². The molecule has 0 saturated carbocycles. The van der Waals surface area contributed by atoms with Gasteiger partial charge in [0.2, 0.25) is 5.91 Å². The number of amides is 2. The van der Waals surface area contributed by atoms with Crippen molar-refractivity contribution in [3.8, 4) is 0 Å². The highest BCUT2D eigenvalue weighted by Crippen LogP contribution is 2.27. The fourth-order valence-corrected chi connectivity index (χ4v) is 4.05. The first-order valence-electron chi connectivity index (χ1n) is 9.01. The van der Waals surface area contributed by atoms with Gasteiger partial charge in [-0.2, -0.15) is 0 Å².